The van der Waals surface area contributed by atoms with Crippen LogP contribution in [0.25, 0.3) is 0 Å². The van der Waals surface area contributed by atoms with Gasteiger partial charge in [-0.1, -0.05) is 36.2 Å². The van der Waals surface area contributed by atoms with Crippen LogP contribution in [0.4, 0.5) is 4.39 Å². The summed E-state index contributed by atoms with van der Waals surface area (Å²) in [6, 6.07) is 5.36. The van der Waals surface area contributed by atoms with Crippen molar-refractivity contribution >= 4 is 11.6 Å². The van der Waals surface area contributed by atoms with Crippen LogP contribution in [-0.2, 0) is 0 Å². The number of rotatable bonds is 7. The van der Waals surface area contributed by atoms with Gasteiger partial charge in [-0.05, 0) is 30.9 Å². The Morgan fingerprint density at radius 3 is 2.81 bits per heavy atom. The van der Waals surface area contributed by atoms with E-state index in [1.54, 1.807) is 6.07 Å². The lowest BCUT2D eigenvalue weighted by molar-refractivity contribution is 0.162. The lowest BCUT2D eigenvalue weighted by Gasteiger charge is -2.35. The van der Waals surface area contributed by atoms with Crippen molar-refractivity contribution in [3.63, 3.8) is 0 Å². The molecule has 0 aromatic heterocycles. The fourth-order valence-corrected chi connectivity index (χ4v) is 3.18. The number of allylic oxidation sites excluding steroid dienone is 1. The van der Waals surface area contributed by atoms with E-state index in [2.05, 4.69) is 16.8 Å². The Kier molecular flexibility index (Phi) is 6.68. The highest BCUT2D eigenvalue weighted by atomic mass is 35.5. The Balaban J connectivity index is 2.13. The van der Waals surface area contributed by atoms with Crippen LogP contribution in [0.3, 0.4) is 0 Å². The molecule has 0 saturated carbocycles. The largest absolute Gasteiger partial charge is 0.314 e. The molecule has 1 aliphatic heterocycles. The van der Waals surface area contributed by atoms with Crippen LogP contribution in [0.1, 0.15) is 37.3 Å². The van der Waals surface area contributed by atoms with Crippen molar-refractivity contribution in [2.75, 3.05) is 26.2 Å². The Morgan fingerprint density at radius 1 is 1.33 bits per heavy atom. The standard InChI is InChI=1S/C17H24ClFN2/c1-2-3-4-5-9-16(21-12-10-20-11-13-21)14-7-6-8-15(19)17(14)18/h2,6-8,16,20H,1,3-5,9-13H2/t16-/m1/s1. The summed E-state index contributed by atoms with van der Waals surface area (Å²) in [7, 11) is 0. The molecule has 1 aromatic carbocycles. The molecular weight excluding hydrogens is 287 g/mol. The average molecular weight is 311 g/mol. The predicted octanol–water partition coefficient (Wildman–Crippen LogP) is 4.17. The van der Waals surface area contributed by atoms with E-state index in [1.165, 1.54) is 6.07 Å². The maximum atomic E-state index is 13.8. The van der Waals surface area contributed by atoms with Gasteiger partial charge in [0.1, 0.15) is 5.82 Å². The van der Waals surface area contributed by atoms with Gasteiger partial charge in [-0.15, -0.1) is 6.58 Å². The van der Waals surface area contributed by atoms with Crippen molar-refractivity contribution in [2.45, 2.75) is 31.7 Å². The summed E-state index contributed by atoms with van der Waals surface area (Å²) < 4.78 is 13.8. The van der Waals surface area contributed by atoms with E-state index in [-0.39, 0.29) is 16.9 Å². The molecule has 0 unspecified atom stereocenters. The van der Waals surface area contributed by atoms with E-state index >= 15 is 0 Å². The Labute approximate surface area is 132 Å². The van der Waals surface area contributed by atoms with Crippen molar-refractivity contribution in [1.82, 2.24) is 10.2 Å². The minimum absolute atomic E-state index is 0.208. The van der Waals surface area contributed by atoms with Gasteiger partial charge in [-0.25, -0.2) is 4.39 Å². The molecule has 2 rings (SSSR count). The number of hydrogen-bond donors (Lipinski definition) is 1. The number of hydrogen-bond acceptors (Lipinski definition) is 2. The molecular formula is C17H24ClFN2. The summed E-state index contributed by atoms with van der Waals surface area (Å²) >= 11 is 6.21. The normalized spacial score (nSPS) is 17.6. The lowest BCUT2D eigenvalue weighted by atomic mass is 9.97. The molecule has 1 N–H and O–H groups in total. The van der Waals surface area contributed by atoms with E-state index in [4.69, 9.17) is 11.6 Å². The van der Waals surface area contributed by atoms with Gasteiger partial charge in [0.2, 0.25) is 0 Å². The first-order chi connectivity index (χ1) is 10.2. The summed E-state index contributed by atoms with van der Waals surface area (Å²) in [6.45, 7) is 7.70. The minimum Gasteiger partial charge on any atom is -0.314 e. The fourth-order valence-electron chi connectivity index (χ4n) is 2.93. The summed E-state index contributed by atoms with van der Waals surface area (Å²) in [6.07, 6.45) is 6.23. The predicted molar refractivity (Wildman–Crippen MR) is 87.3 cm³/mol. The van der Waals surface area contributed by atoms with Crippen molar-refractivity contribution in [1.29, 1.82) is 0 Å². The van der Waals surface area contributed by atoms with Crippen LogP contribution < -0.4 is 5.32 Å². The molecule has 2 nitrogen and oxygen atoms in total. The first kappa shape index (κ1) is 16.5. The van der Waals surface area contributed by atoms with E-state index < -0.39 is 0 Å². The van der Waals surface area contributed by atoms with Gasteiger partial charge >= 0.3 is 0 Å². The monoisotopic (exact) mass is 310 g/mol. The molecule has 0 bridgehead atoms. The van der Waals surface area contributed by atoms with Crippen LogP contribution in [0.15, 0.2) is 30.9 Å². The molecule has 1 saturated heterocycles. The Hall–Kier alpha value is -0.900. The number of nitrogens with zero attached hydrogens (tertiary/aromatic N) is 1. The van der Waals surface area contributed by atoms with Crippen LogP contribution in [0.5, 0.6) is 0 Å². The molecule has 116 valence electrons. The fraction of sp³-hybridized carbons (Fsp3) is 0.529. The van der Waals surface area contributed by atoms with Gasteiger partial charge in [0.15, 0.2) is 0 Å². The second kappa shape index (κ2) is 8.52. The third-order valence-electron chi connectivity index (χ3n) is 4.07. The highest BCUT2D eigenvalue weighted by Gasteiger charge is 2.24. The first-order valence-corrected chi connectivity index (χ1v) is 8.11. The third kappa shape index (κ3) is 4.53. The summed E-state index contributed by atoms with van der Waals surface area (Å²) in [5, 5.41) is 3.64. The van der Waals surface area contributed by atoms with E-state index in [9.17, 15) is 4.39 Å². The van der Waals surface area contributed by atoms with Crippen molar-refractivity contribution in [3.8, 4) is 0 Å². The quantitative estimate of drug-likeness (QED) is 0.600. The summed E-state index contributed by atoms with van der Waals surface area (Å²) in [5.41, 5.74) is 0.928. The molecule has 1 aliphatic rings. The molecule has 1 fully saturated rings. The number of halogens is 2. The molecule has 21 heavy (non-hydrogen) atoms. The Morgan fingerprint density at radius 2 is 2.10 bits per heavy atom. The van der Waals surface area contributed by atoms with E-state index in [0.29, 0.717) is 0 Å². The number of benzene rings is 1. The van der Waals surface area contributed by atoms with Gasteiger partial charge in [-0.2, -0.15) is 0 Å². The van der Waals surface area contributed by atoms with Crippen LogP contribution in [0, 0.1) is 5.82 Å². The summed E-state index contributed by atoms with van der Waals surface area (Å²) in [4.78, 5) is 2.42. The third-order valence-corrected chi connectivity index (χ3v) is 4.47. The van der Waals surface area contributed by atoms with Crippen LogP contribution in [-0.4, -0.2) is 31.1 Å². The van der Waals surface area contributed by atoms with Gasteiger partial charge < -0.3 is 5.32 Å². The smallest absolute Gasteiger partial charge is 0.142 e. The number of nitrogens with one attached hydrogen (secondary N) is 1. The Bertz CT molecular complexity index is 458. The van der Waals surface area contributed by atoms with E-state index in [0.717, 1.165) is 57.4 Å². The molecule has 0 radical (unpaired) electrons. The SMILES string of the molecule is C=CCCCC[C@H](c1cccc(F)c1Cl)N1CCNCC1. The highest BCUT2D eigenvalue weighted by Crippen LogP contribution is 2.33. The number of piperazine rings is 1. The van der Waals surface area contributed by atoms with Gasteiger partial charge in [-0.3, -0.25) is 4.90 Å². The molecule has 0 amide bonds. The lowest BCUT2D eigenvalue weighted by Crippen LogP contribution is -2.45. The molecule has 1 heterocycles. The maximum Gasteiger partial charge on any atom is 0.142 e. The second-order valence-corrected chi connectivity index (χ2v) is 5.90. The summed E-state index contributed by atoms with van der Waals surface area (Å²) in [5.74, 6) is -0.319. The number of unbranched alkanes of at least 4 members (excludes halogenated alkanes) is 2. The molecule has 0 aliphatic carbocycles. The maximum absolute atomic E-state index is 13.8. The van der Waals surface area contributed by atoms with Crippen molar-refractivity contribution < 1.29 is 4.39 Å². The molecule has 1 atom stereocenters. The van der Waals surface area contributed by atoms with Gasteiger partial charge in [0, 0.05) is 32.2 Å². The van der Waals surface area contributed by atoms with Gasteiger partial charge in [0.25, 0.3) is 0 Å². The zero-order valence-electron chi connectivity index (χ0n) is 12.5. The molecule has 1 aromatic rings. The topological polar surface area (TPSA) is 15.3 Å². The van der Waals surface area contributed by atoms with Crippen molar-refractivity contribution in [2.24, 2.45) is 0 Å². The molecule has 4 heteroatoms. The minimum atomic E-state index is -0.319. The zero-order chi connectivity index (χ0) is 15.1. The van der Waals surface area contributed by atoms with Gasteiger partial charge in [0.05, 0.1) is 5.02 Å². The van der Waals surface area contributed by atoms with E-state index in [1.807, 2.05) is 12.1 Å². The van der Waals surface area contributed by atoms with Crippen LogP contribution in [0.2, 0.25) is 5.02 Å². The first-order valence-electron chi connectivity index (χ1n) is 7.73. The zero-order valence-corrected chi connectivity index (χ0v) is 13.2. The van der Waals surface area contributed by atoms with Crippen molar-refractivity contribution in [3.05, 3.63) is 47.3 Å². The molecule has 0 spiro atoms. The second-order valence-electron chi connectivity index (χ2n) is 5.52. The highest BCUT2D eigenvalue weighted by molar-refractivity contribution is 6.31. The van der Waals surface area contributed by atoms with Crippen LogP contribution >= 0.6 is 11.6 Å². The average Bonchev–Trinajstić information content (AvgIpc) is 2.52.